The van der Waals surface area contributed by atoms with Crippen molar-refractivity contribution in [2.24, 2.45) is 0 Å². The molecule has 0 unspecified atom stereocenters. The standard InChI is InChI=1S/C20H22ClF3O/c1-3-5-6-7-13-8-9-14(17(21)18(13)22)15-10-11-16(25-12-4-2)20(24)19(15)23/h8-11H,3-7,12H2,1-2H3. The van der Waals surface area contributed by atoms with Crippen LogP contribution < -0.4 is 4.74 Å². The van der Waals surface area contributed by atoms with Crippen molar-refractivity contribution in [3.05, 3.63) is 52.3 Å². The molecule has 0 atom stereocenters. The van der Waals surface area contributed by atoms with Gasteiger partial charge < -0.3 is 4.74 Å². The quantitative estimate of drug-likeness (QED) is 0.457. The van der Waals surface area contributed by atoms with E-state index in [4.69, 9.17) is 16.3 Å². The Labute approximate surface area is 151 Å². The summed E-state index contributed by atoms with van der Waals surface area (Å²) in [6, 6.07) is 5.83. The highest BCUT2D eigenvalue weighted by molar-refractivity contribution is 6.33. The Hall–Kier alpha value is -1.68. The molecule has 2 aromatic carbocycles. The van der Waals surface area contributed by atoms with Crippen molar-refractivity contribution in [3.63, 3.8) is 0 Å². The fourth-order valence-corrected chi connectivity index (χ4v) is 2.91. The molecule has 0 saturated carbocycles. The molecular weight excluding hydrogens is 349 g/mol. The van der Waals surface area contributed by atoms with Crippen LogP contribution in [0.2, 0.25) is 5.02 Å². The van der Waals surface area contributed by atoms with E-state index in [0.717, 1.165) is 19.3 Å². The zero-order valence-electron chi connectivity index (χ0n) is 14.5. The third-order valence-corrected chi connectivity index (χ3v) is 4.38. The number of aryl methyl sites for hydroxylation is 1. The average molecular weight is 371 g/mol. The van der Waals surface area contributed by atoms with Crippen LogP contribution >= 0.6 is 11.6 Å². The van der Waals surface area contributed by atoms with E-state index in [0.29, 0.717) is 18.4 Å². The lowest BCUT2D eigenvalue weighted by Crippen LogP contribution is -2.01. The molecule has 0 aliphatic heterocycles. The second kappa shape index (κ2) is 9.14. The number of benzene rings is 2. The largest absolute Gasteiger partial charge is 0.490 e. The molecule has 2 aromatic rings. The van der Waals surface area contributed by atoms with Gasteiger partial charge in [-0.05, 0) is 37.0 Å². The first-order chi connectivity index (χ1) is 12.0. The monoisotopic (exact) mass is 370 g/mol. The zero-order chi connectivity index (χ0) is 18.4. The number of unbranched alkanes of at least 4 members (excludes halogenated alkanes) is 2. The third-order valence-electron chi connectivity index (χ3n) is 4.01. The van der Waals surface area contributed by atoms with E-state index in [2.05, 4.69) is 6.92 Å². The maximum Gasteiger partial charge on any atom is 0.201 e. The molecule has 2 rings (SSSR count). The topological polar surface area (TPSA) is 9.23 Å². The predicted molar refractivity (Wildman–Crippen MR) is 95.8 cm³/mol. The summed E-state index contributed by atoms with van der Waals surface area (Å²) < 4.78 is 48.2. The van der Waals surface area contributed by atoms with Crippen LogP contribution in [0.15, 0.2) is 24.3 Å². The van der Waals surface area contributed by atoms with Crippen molar-refractivity contribution in [3.8, 4) is 16.9 Å². The van der Waals surface area contributed by atoms with Gasteiger partial charge in [-0.25, -0.2) is 8.78 Å². The maximum absolute atomic E-state index is 14.5. The summed E-state index contributed by atoms with van der Waals surface area (Å²) in [5.74, 6) is -2.90. The van der Waals surface area contributed by atoms with E-state index in [1.54, 1.807) is 6.07 Å². The van der Waals surface area contributed by atoms with E-state index in [-0.39, 0.29) is 28.5 Å². The Kier molecular flexibility index (Phi) is 7.18. The molecule has 136 valence electrons. The Morgan fingerprint density at radius 2 is 1.56 bits per heavy atom. The molecular formula is C20H22ClF3O. The van der Waals surface area contributed by atoms with Crippen molar-refractivity contribution < 1.29 is 17.9 Å². The van der Waals surface area contributed by atoms with Crippen LogP contribution in [0.3, 0.4) is 0 Å². The summed E-state index contributed by atoms with van der Waals surface area (Å²) in [5.41, 5.74) is 0.549. The lowest BCUT2D eigenvalue weighted by Gasteiger charge is -2.13. The molecule has 0 amide bonds. The zero-order valence-corrected chi connectivity index (χ0v) is 15.2. The van der Waals surface area contributed by atoms with Crippen LogP contribution in [0, 0.1) is 17.5 Å². The highest BCUT2D eigenvalue weighted by Gasteiger charge is 2.20. The van der Waals surface area contributed by atoms with Crippen LogP contribution in [-0.2, 0) is 6.42 Å². The lowest BCUT2D eigenvalue weighted by molar-refractivity contribution is 0.295. The molecule has 0 fully saturated rings. The summed E-state index contributed by atoms with van der Waals surface area (Å²) in [5, 5.41) is -0.186. The van der Waals surface area contributed by atoms with Crippen molar-refractivity contribution in [1.29, 1.82) is 0 Å². The van der Waals surface area contributed by atoms with Crippen LogP contribution in [0.5, 0.6) is 5.75 Å². The minimum absolute atomic E-state index is 0.0784. The molecule has 0 saturated heterocycles. The van der Waals surface area contributed by atoms with Gasteiger partial charge in [-0.2, -0.15) is 4.39 Å². The third kappa shape index (κ3) is 4.49. The Bertz CT molecular complexity index is 731. The number of hydrogen-bond acceptors (Lipinski definition) is 1. The predicted octanol–water partition coefficient (Wildman–Crippen LogP) is 6.95. The molecule has 25 heavy (non-hydrogen) atoms. The van der Waals surface area contributed by atoms with Crippen molar-refractivity contribution >= 4 is 11.6 Å². The van der Waals surface area contributed by atoms with Crippen molar-refractivity contribution in [2.45, 2.75) is 46.0 Å². The number of halogens is 4. The van der Waals surface area contributed by atoms with Crippen molar-refractivity contribution in [2.75, 3.05) is 6.61 Å². The summed E-state index contributed by atoms with van der Waals surface area (Å²) >= 11 is 6.10. The Morgan fingerprint density at radius 3 is 2.24 bits per heavy atom. The fraction of sp³-hybridized carbons (Fsp3) is 0.400. The summed E-state index contributed by atoms with van der Waals surface area (Å²) in [6.07, 6.45) is 4.14. The van der Waals surface area contributed by atoms with Gasteiger partial charge in [-0.15, -0.1) is 0 Å². The molecule has 5 heteroatoms. The second-order valence-electron chi connectivity index (χ2n) is 5.95. The molecule has 1 nitrogen and oxygen atoms in total. The van der Waals surface area contributed by atoms with Gasteiger partial charge in [0.1, 0.15) is 5.82 Å². The van der Waals surface area contributed by atoms with Gasteiger partial charge in [0, 0.05) is 11.1 Å². The summed E-state index contributed by atoms with van der Waals surface area (Å²) in [7, 11) is 0. The molecule has 0 radical (unpaired) electrons. The Balaban J connectivity index is 2.35. The van der Waals surface area contributed by atoms with E-state index in [1.165, 1.54) is 18.2 Å². The lowest BCUT2D eigenvalue weighted by atomic mass is 9.99. The molecule has 0 aliphatic rings. The first-order valence-electron chi connectivity index (χ1n) is 8.59. The molecule has 0 N–H and O–H groups in total. The average Bonchev–Trinajstić information content (AvgIpc) is 2.61. The van der Waals surface area contributed by atoms with E-state index >= 15 is 0 Å². The second-order valence-corrected chi connectivity index (χ2v) is 6.32. The Morgan fingerprint density at radius 1 is 0.840 bits per heavy atom. The van der Waals surface area contributed by atoms with Gasteiger partial charge in [-0.1, -0.05) is 50.4 Å². The van der Waals surface area contributed by atoms with Crippen LogP contribution in [0.25, 0.3) is 11.1 Å². The molecule has 0 aliphatic carbocycles. The normalized spacial score (nSPS) is 11.0. The maximum atomic E-state index is 14.5. The SMILES string of the molecule is CCCCCc1ccc(-c2ccc(OCCC)c(F)c2F)c(Cl)c1F. The van der Waals surface area contributed by atoms with Gasteiger partial charge >= 0.3 is 0 Å². The molecule has 0 heterocycles. The molecule has 0 aromatic heterocycles. The number of rotatable bonds is 8. The van der Waals surface area contributed by atoms with Gasteiger partial charge in [0.05, 0.1) is 11.6 Å². The first kappa shape index (κ1) is 19.6. The van der Waals surface area contributed by atoms with E-state index in [1.807, 2.05) is 6.92 Å². The van der Waals surface area contributed by atoms with Gasteiger partial charge in [0.25, 0.3) is 0 Å². The smallest absolute Gasteiger partial charge is 0.201 e. The number of hydrogen-bond donors (Lipinski definition) is 0. The van der Waals surface area contributed by atoms with Gasteiger partial charge in [0.2, 0.25) is 5.82 Å². The van der Waals surface area contributed by atoms with Crippen LogP contribution in [0.4, 0.5) is 13.2 Å². The molecule has 0 spiro atoms. The molecule has 0 bridgehead atoms. The minimum Gasteiger partial charge on any atom is -0.490 e. The van der Waals surface area contributed by atoms with Crippen LogP contribution in [0.1, 0.15) is 45.1 Å². The summed E-state index contributed by atoms with van der Waals surface area (Å²) in [4.78, 5) is 0. The van der Waals surface area contributed by atoms with E-state index in [9.17, 15) is 13.2 Å². The van der Waals surface area contributed by atoms with Gasteiger partial charge in [-0.3, -0.25) is 0 Å². The highest BCUT2D eigenvalue weighted by atomic mass is 35.5. The van der Waals surface area contributed by atoms with E-state index < -0.39 is 17.5 Å². The minimum atomic E-state index is -1.09. The van der Waals surface area contributed by atoms with Crippen molar-refractivity contribution in [1.82, 2.24) is 0 Å². The number of ether oxygens (including phenoxy) is 1. The summed E-state index contributed by atoms with van der Waals surface area (Å²) in [6.45, 7) is 4.22. The first-order valence-corrected chi connectivity index (χ1v) is 8.97. The highest BCUT2D eigenvalue weighted by Crippen LogP contribution is 2.36. The van der Waals surface area contributed by atoms with Crippen LogP contribution in [-0.4, -0.2) is 6.61 Å². The fourth-order valence-electron chi connectivity index (χ4n) is 2.62. The van der Waals surface area contributed by atoms with Gasteiger partial charge in [0.15, 0.2) is 11.6 Å².